The van der Waals surface area contributed by atoms with Crippen molar-refractivity contribution in [3.8, 4) is 0 Å². The largest absolute Gasteiger partial charge is 0.292 e. The van der Waals surface area contributed by atoms with Gasteiger partial charge in [-0.25, -0.2) is 0 Å². The van der Waals surface area contributed by atoms with Crippen molar-refractivity contribution in [1.82, 2.24) is 5.01 Å². The first-order chi connectivity index (χ1) is 4.25. The minimum absolute atomic E-state index is 0.609. The fourth-order valence-electron chi connectivity index (χ4n) is 1.46. The second-order valence-corrected chi connectivity index (χ2v) is 2.80. The maximum Gasteiger partial charge on any atom is 0.0446 e. The standard InChI is InChI=1S/C7H14N2/c1-6-4-5-7(2)9(6)8-3/h6-7H,3-5H2,1-2H3/t6-,7-/m1/s1. The van der Waals surface area contributed by atoms with Crippen LogP contribution in [0.1, 0.15) is 26.7 Å². The molecule has 52 valence electrons. The molecular weight excluding hydrogens is 112 g/mol. The zero-order valence-electron chi connectivity index (χ0n) is 6.17. The summed E-state index contributed by atoms with van der Waals surface area (Å²) in [6.45, 7) is 7.90. The molecule has 0 spiro atoms. The fraction of sp³-hybridized carbons (Fsp3) is 0.857. The van der Waals surface area contributed by atoms with Crippen molar-refractivity contribution in [2.45, 2.75) is 38.8 Å². The van der Waals surface area contributed by atoms with Gasteiger partial charge in [-0.2, -0.15) is 5.10 Å². The molecule has 1 rings (SSSR count). The van der Waals surface area contributed by atoms with Crippen LogP contribution in [0, 0.1) is 0 Å². The highest BCUT2D eigenvalue weighted by Gasteiger charge is 2.24. The summed E-state index contributed by atoms with van der Waals surface area (Å²) >= 11 is 0. The van der Waals surface area contributed by atoms with E-state index in [-0.39, 0.29) is 0 Å². The molecule has 0 amide bonds. The number of hydrogen-bond donors (Lipinski definition) is 0. The molecule has 0 unspecified atom stereocenters. The second kappa shape index (κ2) is 2.38. The first-order valence-electron chi connectivity index (χ1n) is 3.50. The maximum atomic E-state index is 3.93. The highest BCUT2D eigenvalue weighted by atomic mass is 15.5. The highest BCUT2D eigenvalue weighted by molar-refractivity contribution is 5.22. The molecule has 0 aromatic heterocycles. The van der Waals surface area contributed by atoms with Crippen LogP contribution in [0.15, 0.2) is 5.10 Å². The van der Waals surface area contributed by atoms with Gasteiger partial charge < -0.3 is 0 Å². The Morgan fingerprint density at radius 3 is 2.00 bits per heavy atom. The van der Waals surface area contributed by atoms with Gasteiger partial charge in [-0.1, -0.05) is 0 Å². The lowest BCUT2D eigenvalue weighted by molar-refractivity contribution is 0.227. The Kier molecular flexibility index (Phi) is 1.74. The van der Waals surface area contributed by atoms with Crippen molar-refractivity contribution < 1.29 is 0 Å². The molecule has 1 aliphatic rings. The average Bonchev–Trinajstić information content (AvgIpc) is 2.12. The van der Waals surface area contributed by atoms with E-state index in [1.807, 2.05) is 0 Å². The number of rotatable bonds is 1. The Bertz CT molecular complexity index is 101. The van der Waals surface area contributed by atoms with E-state index in [0.717, 1.165) is 0 Å². The van der Waals surface area contributed by atoms with Crippen molar-refractivity contribution >= 4 is 6.72 Å². The SMILES string of the molecule is C=NN1[C@H](C)CC[C@H]1C. The van der Waals surface area contributed by atoms with Gasteiger partial charge in [-0.3, -0.25) is 5.01 Å². The Balaban J connectivity index is 2.54. The Morgan fingerprint density at radius 1 is 1.33 bits per heavy atom. The molecule has 2 nitrogen and oxygen atoms in total. The quantitative estimate of drug-likeness (QED) is 0.486. The Hall–Kier alpha value is -0.530. The van der Waals surface area contributed by atoms with Gasteiger partial charge in [0.1, 0.15) is 0 Å². The van der Waals surface area contributed by atoms with E-state index in [1.54, 1.807) is 0 Å². The first kappa shape index (κ1) is 6.59. The van der Waals surface area contributed by atoms with E-state index in [4.69, 9.17) is 0 Å². The summed E-state index contributed by atoms with van der Waals surface area (Å²) in [5, 5.41) is 6.02. The summed E-state index contributed by atoms with van der Waals surface area (Å²) in [7, 11) is 0. The second-order valence-electron chi connectivity index (χ2n) is 2.80. The van der Waals surface area contributed by atoms with E-state index in [0.29, 0.717) is 12.1 Å². The highest BCUT2D eigenvalue weighted by Crippen LogP contribution is 2.22. The van der Waals surface area contributed by atoms with Crippen molar-refractivity contribution in [2.75, 3.05) is 0 Å². The molecule has 0 radical (unpaired) electrons. The molecule has 2 heteroatoms. The summed E-state index contributed by atoms with van der Waals surface area (Å²) < 4.78 is 0. The van der Waals surface area contributed by atoms with Crippen LogP contribution < -0.4 is 0 Å². The molecule has 9 heavy (non-hydrogen) atoms. The molecule has 1 fully saturated rings. The summed E-state index contributed by atoms with van der Waals surface area (Å²) in [5.74, 6) is 0. The molecule has 0 bridgehead atoms. The zero-order valence-corrected chi connectivity index (χ0v) is 6.17. The van der Waals surface area contributed by atoms with Crippen LogP contribution in [0.25, 0.3) is 0 Å². The van der Waals surface area contributed by atoms with Gasteiger partial charge in [0.15, 0.2) is 0 Å². The number of hydrazone groups is 1. The Labute approximate surface area is 56.5 Å². The van der Waals surface area contributed by atoms with Gasteiger partial charge in [0, 0.05) is 18.8 Å². The third-order valence-electron chi connectivity index (χ3n) is 2.07. The minimum Gasteiger partial charge on any atom is -0.292 e. The molecule has 0 saturated carbocycles. The lowest BCUT2D eigenvalue weighted by atomic mass is 10.2. The topological polar surface area (TPSA) is 15.6 Å². The lowest BCUT2D eigenvalue weighted by Gasteiger charge is -2.21. The molecule has 1 saturated heterocycles. The summed E-state index contributed by atoms with van der Waals surface area (Å²) in [5.41, 5.74) is 0. The lowest BCUT2D eigenvalue weighted by Crippen LogP contribution is -2.26. The van der Waals surface area contributed by atoms with E-state index in [1.165, 1.54) is 12.8 Å². The molecule has 0 aliphatic carbocycles. The third-order valence-corrected chi connectivity index (χ3v) is 2.07. The van der Waals surface area contributed by atoms with Crippen LogP contribution in [-0.2, 0) is 0 Å². The molecule has 1 heterocycles. The zero-order chi connectivity index (χ0) is 6.85. The summed E-state index contributed by atoms with van der Waals surface area (Å²) in [4.78, 5) is 0. The van der Waals surface area contributed by atoms with Gasteiger partial charge in [0.05, 0.1) is 0 Å². The maximum absolute atomic E-state index is 3.93. The fourth-order valence-corrected chi connectivity index (χ4v) is 1.46. The van der Waals surface area contributed by atoms with Gasteiger partial charge in [0.25, 0.3) is 0 Å². The van der Waals surface area contributed by atoms with Gasteiger partial charge >= 0.3 is 0 Å². The summed E-state index contributed by atoms with van der Waals surface area (Å²) in [6, 6.07) is 1.22. The van der Waals surface area contributed by atoms with E-state index < -0.39 is 0 Å². The van der Waals surface area contributed by atoms with Crippen LogP contribution in [0.3, 0.4) is 0 Å². The number of hydrogen-bond acceptors (Lipinski definition) is 2. The molecule has 1 aliphatic heterocycles. The van der Waals surface area contributed by atoms with Crippen LogP contribution in [0.4, 0.5) is 0 Å². The molecule has 0 aromatic carbocycles. The van der Waals surface area contributed by atoms with Crippen LogP contribution in [0.2, 0.25) is 0 Å². The minimum atomic E-state index is 0.609. The van der Waals surface area contributed by atoms with Crippen molar-refractivity contribution in [3.05, 3.63) is 0 Å². The molecule has 0 aromatic rings. The van der Waals surface area contributed by atoms with Crippen molar-refractivity contribution in [2.24, 2.45) is 5.10 Å². The van der Waals surface area contributed by atoms with Crippen molar-refractivity contribution in [1.29, 1.82) is 0 Å². The first-order valence-corrected chi connectivity index (χ1v) is 3.50. The monoisotopic (exact) mass is 126 g/mol. The van der Waals surface area contributed by atoms with Crippen molar-refractivity contribution in [3.63, 3.8) is 0 Å². The number of nitrogens with zero attached hydrogens (tertiary/aromatic N) is 2. The molecular formula is C7H14N2. The normalized spacial score (nSPS) is 35.1. The smallest absolute Gasteiger partial charge is 0.0446 e. The predicted molar refractivity (Wildman–Crippen MR) is 39.5 cm³/mol. The predicted octanol–water partition coefficient (Wildman–Crippen LogP) is 1.47. The van der Waals surface area contributed by atoms with Crippen LogP contribution in [0.5, 0.6) is 0 Å². The average molecular weight is 126 g/mol. The molecule has 2 atom stereocenters. The Morgan fingerprint density at radius 2 is 1.78 bits per heavy atom. The van der Waals surface area contributed by atoms with Gasteiger partial charge in [-0.15, -0.1) is 0 Å². The van der Waals surface area contributed by atoms with Crippen LogP contribution >= 0.6 is 0 Å². The van der Waals surface area contributed by atoms with E-state index in [2.05, 4.69) is 30.7 Å². The van der Waals surface area contributed by atoms with E-state index in [9.17, 15) is 0 Å². The van der Waals surface area contributed by atoms with Gasteiger partial charge in [-0.05, 0) is 26.7 Å². The summed E-state index contributed by atoms with van der Waals surface area (Å²) in [6.07, 6.45) is 2.53. The van der Waals surface area contributed by atoms with E-state index >= 15 is 0 Å². The third kappa shape index (κ3) is 1.07. The van der Waals surface area contributed by atoms with Crippen LogP contribution in [-0.4, -0.2) is 23.8 Å². The van der Waals surface area contributed by atoms with Gasteiger partial charge in [0.2, 0.25) is 0 Å². The molecule has 0 N–H and O–H groups in total.